The zero-order chi connectivity index (χ0) is 14.7. The van der Waals surface area contributed by atoms with Crippen LogP contribution in [-0.2, 0) is 16.0 Å². The summed E-state index contributed by atoms with van der Waals surface area (Å²) in [5.74, 6) is 0.0736. The molecule has 1 aliphatic heterocycles. The van der Waals surface area contributed by atoms with Gasteiger partial charge in [0.05, 0.1) is 0 Å². The van der Waals surface area contributed by atoms with Gasteiger partial charge in [-0.3, -0.25) is 9.59 Å². The Morgan fingerprint density at radius 3 is 2.30 bits per heavy atom. The molecule has 1 heterocycles. The zero-order valence-electron chi connectivity index (χ0n) is 12.4. The molecule has 0 aliphatic carbocycles. The minimum Gasteiger partial charge on any atom is -0.332 e. The Bertz CT molecular complexity index is 487. The molecule has 0 N–H and O–H groups in total. The van der Waals surface area contributed by atoms with E-state index in [2.05, 4.69) is 12.1 Å². The summed E-state index contributed by atoms with van der Waals surface area (Å²) in [6.07, 6.45) is 1.81. The molecule has 2 amide bonds. The molecule has 0 spiro atoms. The van der Waals surface area contributed by atoms with Crippen molar-refractivity contribution in [3.8, 4) is 0 Å². The Hall–Kier alpha value is -1.84. The van der Waals surface area contributed by atoms with Crippen LogP contribution in [0.15, 0.2) is 30.3 Å². The molecule has 4 nitrogen and oxygen atoms in total. The summed E-state index contributed by atoms with van der Waals surface area (Å²) >= 11 is 0. The summed E-state index contributed by atoms with van der Waals surface area (Å²) < 4.78 is 0. The number of carbonyl (C=O) groups is 2. The summed E-state index contributed by atoms with van der Waals surface area (Å²) in [7, 11) is 1.70. The molecule has 0 aromatic heterocycles. The Morgan fingerprint density at radius 2 is 1.65 bits per heavy atom. The minimum atomic E-state index is -0.351. The molecule has 0 bridgehead atoms. The van der Waals surface area contributed by atoms with Crippen LogP contribution in [0.1, 0.15) is 25.8 Å². The van der Waals surface area contributed by atoms with Crippen molar-refractivity contribution in [2.75, 3.05) is 13.6 Å². The molecule has 0 saturated carbocycles. The van der Waals surface area contributed by atoms with E-state index in [1.165, 1.54) is 5.56 Å². The van der Waals surface area contributed by atoms with Crippen LogP contribution in [-0.4, -0.2) is 47.3 Å². The molecule has 1 aromatic rings. The molecule has 2 atom stereocenters. The summed E-state index contributed by atoms with van der Waals surface area (Å²) in [5, 5.41) is 0. The Morgan fingerprint density at radius 1 is 1.00 bits per heavy atom. The lowest BCUT2D eigenvalue weighted by Gasteiger charge is -2.41. The maximum absolute atomic E-state index is 12.3. The third-order valence-corrected chi connectivity index (χ3v) is 4.10. The van der Waals surface area contributed by atoms with E-state index < -0.39 is 0 Å². The average molecular weight is 274 g/mol. The number of benzene rings is 1. The highest BCUT2D eigenvalue weighted by molar-refractivity contribution is 5.96. The monoisotopic (exact) mass is 274 g/mol. The molecular weight excluding hydrogens is 252 g/mol. The van der Waals surface area contributed by atoms with Crippen molar-refractivity contribution in [2.45, 2.75) is 38.8 Å². The van der Waals surface area contributed by atoms with Gasteiger partial charge in [0.15, 0.2) is 0 Å². The molecule has 1 fully saturated rings. The minimum absolute atomic E-state index is 0.0248. The van der Waals surface area contributed by atoms with Crippen LogP contribution < -0.4 is 0 Å². The van der Waals surface area contributed by atoms with Crippen molar-refractivity contribution in [2.24, 2.45) is 0 Å². The van der Waals surface area contributed by atoms with Gasteiger partial charge in [0.25, 0.3) is 0 Å². The highest BCUT2D eigenvalue weighted by Crippen LogP contribution is 2.17. The number of nitrogens with zero attached hydrogens (tertiary/aromatic N) is 2. The van der Waals surface area contributed by atoms with Crippen LogP contribution >= 0.6 is 0 Å². The van der Waals surface area contributed by atoms with Crippen LogP contribution in [0.5, 0.6) is 0 Å². The maximum Gasteiger partial charge on any atom is 0.245 e. The molecule has 4 heteroatoms. The second kappa shape index (κ2) is 6.07. The number of hydrogen-bond acceptors (Lipinski definition) is 2. The first-order valence-electron chi connectivity index (χ1n) is 7.13. The van der Waals surface area contributed by atoms with E-state index in [1.807, 2.05) is 25.1 Å². The quantitative estimate of drug-likeness (QED) is 0.838. The number of likely N-dealkylation sites (N-methyl/N-ethyl adjacent to an activating group) is 1. The van der Waals surface area contributed by atoms with Gasteiger partial charge in [0.2, 0.25) is 11.8 Å². The fourth-order valence-corrected chi connectivity index (χ4v) is 2.62. The topological polar surface area (TPSA) is 40.6 Å². The second-order valence-electron chi connectivity index (χ2n) is 5.42. The highest BCUT2D eigenvalue weighted by atomic mass is 16.2. The lowest BCUT2D eigenvalue weighted by atomic mass is 10.1. The van der Waals surface area contributed by atoms with Crippen molar-refractivity contribution in [1.82, 2.24) is 9.80 Å². The fraction of sp³-hybridized carbons (Fsp3) is 0.500. The number of hydrogen-bond donors (Lipinski definition) is 0. The summed E-state index contributed by atoms with van der Waals surface area (Å²) in [6.45, 7) is 4.24. The Labute approximate surface area is 120 Å². The predicted molar refractivity (Wildman–Crippen MR) is 78.2 cm³/mol. The molecule has 1 aromatic carbocycles. The van der Waals surface area contributed by atoms with Gasteiger partial charge in [-0.15, -0.1) is 0 Å². The Kier molecular flexibility index (Phi) is 4.42. The van der Waals surface area contributed by atoms with Gasteiger partial charge in [0, 0.05) is 13.6 Å². The van der Waals surface area contributed by atoms with E-state index in [4.69, 9.17) is 0 Å². The summed E-state index contributed by atoms with van der Waals surface area (Å²) in [6, 6.07) is 9.51. The molecule has 20 heavy (non-hydrogen) atoms. The predicted octanol–water partition coefficient (Wildman–Crippen LogP) is 1.70. The van der Waals surface area contributed by atoms with Gasteiger partial charge in [-0.1, -0.05) is 30.3 Å². The van der Waals surface area contributed by atoms with E-state index in [1.54, 1.807) is 23.8 Å². The Balaban J connectivity index is 1.94. The van der Waals surface area contributed by atoms with Crippen molar-refractivity contribution in [3.63, 3.8) is 0 Å². The first-order valence-corrected chi connectivity index (χ1v) is 7.13. The van der Waals surface area contributed by atoms with Crippen LogP contribution in [0.2, 0.25) is 0 Å². The molecular formula is C16H22N2O2. The molecule has 2 rings (SSSR count). The van der Waals surface area contributed by atoms with Crippen molar-refractivity contribution in [3.05, 3.63) is 35.9 Å². The molecule has 1 aliphatic rings. The molecule has 0 radical (unpaired) electrons. The van der Waals surface area contributed by atoms with Crippen LogP contribution in [0.3, 0.4) is 0 Å². The van der Waals surface area contributed by atoms with E-state index >= 15 is 0 Å². The van der Waals surface area contributed by atoms with E-state index in [9.17, 15) is 9.59 Å². The lowest BCUT2D eigenvalue weighted by Crippen LogP contribution is -2.61. The fourth-order valence-electron chi connectivity index (χ4n) is 2.62. The molecule has 108 valence electrons. The first-order chi connectivity index (χ1) is 9.52. The normalized spacial score (nSPS) is 23.4. The van der Waals surface area contributed by atoms with Gasteiger partial charge >= 0.3 is 0 Å². The standard InChI is InChI=1S/C16H22N2O2/c1-12-16(20)18(13(2)15(19)17(12)3)11-7-10-14-8-5-4-6-9-14/h4-6,8-9,12-13H,7,10-11H2,1-3H3/t12-,13-/m0/s1. The van der Waals surface area contributed by atoms with Gasteiger partial charge in [-0.05, 0) is 32.3 Å². The average Bonchev–Trinajstić information content (AvgIpc) is 2.48. The number of piperazine rings is 1. The summed E-state index contributed by atoms with van der Waals surface area (Å²) in [5.41, 5.74) is 1.26. The third-order valence-electron chi connectivity index (χ3n) is 4.10. The lowest BCUT2D eigenvalue weighted by molar-refractivity contribution is -0.158. The number of aryl methyl sites for hydroxylation is 1. The van der Waals surface area contributed by atoms with Crippen molar-refractivity contribution < 1.29 is 9.59 Å². The third kappa shape index (κ3) is 2.84. The van der Waals surface area contributed by atoms with Crippen molar-refractivity contribution in [1.29, 1.82) is 0 Å². The van der Waals surface area contributed by atoms with Gasteiger partial charge in [0.1, 0.15) is 12.1 Å². The van der Waals surface area contributed by atoms with Crippen LogP contribution in [0.25, 0.3) is 0 Å². The van der Waals surface area contributed by atoms with E-state index in [0.29, 0.717) is 6.54 Å². The number of carbonyl (C=O) groups excluding carboxylic acids is 2. The number of rotatable bonds is 4. The van der Waals surface area contributed by atoms with Gasteiger partial charge < -0.3 is 9.80 Å². The van der Waals surface area contributed by atoms with Gasteiger partial charge in [-0.2, -0.15) is 0 Å². The van der Waals surface area contributed by atoms with Crippen molar-refractivity contribution >= 4 is 11.8 Å². The molecule has 1 saturated heterocycles. The van der Waals surface area contributed by atoms with Crippen LogP contribution in [0, 0.1) is 0 Å². The van der Waals surface area contributed by atoms with Gasteiger partial charge in [-0.25, -0.2) is 0 Å². The van der Waals surface area contributed by atoms with E-state index in [-0.39, 0.29) is 23.9 Å². The highest BCUT2D eigenvalue weighted by Gasteiger charge is 2.39. The van der Waals surface area contributed by atoms with E-state index in [0.717, 1.165) is 12.8 Å². The molecule has 0 unspecified atom stereocenters. The smallest absolute Gasteiger partial charge is 0.245 e. The SMILES string of the molecule is C[C@H]1C(=O)N(CCCc2ccccc2)[C@@H](C)C(=O)N1C. The largest absolute Gasteiger partial charge is 0.332 e. The van der Waals surface area contributed by atoms with Crippen LogP contribution in [0.4, 0.5) is 0 Å². The maximum atomic E-state index is 12.3. The first kappa shape index (κ1) is 14.6. The number of amides is 2. The zero-order valence-corrected chi connectivity index (χ0v) is 12.4. The second-order valence-corrected chi connectivity index (χ2v) is 5.42. The summed E-state index contributed by atoms with van der Waals surface area (Å²) in [4.78, 5) is 27.6.